The lowest BCUT2D eigenvalue weighted by Gasteiger charge is -2.39. The number of ether oxygens (including phenoxy) is 1. The van der Waals surface area contributed by atoms with Crippen LogP contribution in [-0.4, -0.2) is 29.8 Å². The van der Waals surface area contributed by atoms with Crippen molar-refractivity contribution < 1.29 is 19.1 Å². The van der Waals surface area contributed by atoms with Gasteiger partial charge in [-0.15, -0.1) is 0 Å². The van der Waals surface area contributed by atoms with E-state index in [0.717, 1.165) is 6.42 Å². The fourth-order valence-electron chi connectivity index (χ4n) is 1.72. The summed E-state index contributed by atoms with van der Waals surface area (Å²) in [6.07, 6.45) is 1.89. The van der Waals surface area contributed by atoms with Crippen LogP contribution in [0.4, 0.5) is 0 Å². The van der Waals surface area contributed by atoms with Crippen LogP contribution in [0.3, 0.4) is 0 Å². The molecule has 0 bridgehead atoms. The topological polar surface area (TPSA) is 72.5 Å². The molecule has 0 heterocycles. The molecule has 0 aromatic heterocycles. The molecule has 0 aliphatic heterocycles. The van der Waals surface area contributed by atoms with E-state index < -0.39 is 17.4 Å². The molecular formula is C11H17NO4. The highest BCUT2D eigenvalue weighted by molar-refractivity contribution is 5.99. The number of hydrogen-bond acceptors (Lipinski definition) is 4. The largest absolute Gasteiger partial charge is 0.464 e. The minimum atomic E-state index is -0.872. The van der Waals surface area contributed by atoms with Gasteiger partial charge in [0.25, 0.3) is 0 Å². The SMILES string of the molecule is CCOC(=O)C1(NC(=O)CC(C)=O)CCC1. The molecule has 0 unspecified atom stereocenters. The summed E-state index contributed by atoms with van der Waals surface area (Å²) in [7, 11) is 0. The van der Waals surface area contributed by atoms with E-state index >= 15 is 0 Å². The van der Waals surface area contributed by atoms with E-state index in [1.807, 2.05) is 0 Å². The van der Waals surface area contributed by atoms with Crippen LogP contribution in [0.25, 0.3) is 0 Å². The van der Waals surface area contributed by atoms with Crippen LogP contribution in [0.1, 0.15) is 39.5 Å². The molecule has 0 radical (unpaired) electrons. The molecule has 1 amide bonds. The minimum absolute atomic E-state index is 0.179. The van der Waals surface area contributed by atoms with E-state index in [2.05, 4.69) is 5.32 Å². The fraction of sp³-hybridized carbons (Fsp3) is 0.727. The zero-order valence-electron chi connectivity index (χ0n) is 9.67. The fourth-order valence-corrected chi connectivity index (χ4v) is 1.72. The summed E-state index contributed by atoms with van der Waals surface area (Å²) < 4.78 is 4.92. The van der Waals surface area contributed by atoms with Crippen LogP contribution >= 0.6 is 0 Å². The van der Waals surface area contributed by atoms with Gasteiger partial charge in [0.05, 0.1) is 13.0 Å². The third-order valence-corrected chi connectivity index (χ3v) is 2.66. The molecule has 0 saturated heterocycles. The Morgan fingerprint density at radius 3 is 2.31 bits per heavy atom. The summed E-state index contributed by atoms with van der Waals surface area (Å²) in [6.45, 7) is 3.36. The predicted octanol–water partition coefficient (Wildman–Crippen LogP) is 0.567. The predicted molar refractivity (Wildman–Crippen MR) is 56.7 cm³/mol. The number of Topliss-reactive ketones (excluding diaryl/α,β-unsaturated/α-hetero) is 1. The number of carbonyl (C=O) groups is 3. The first kappa shape index (κ1) is 12.7. The molecule has 0 aromatic rings. The van der Waals surface area contributed by atoms with E-state index in [4.69, 9.17) is 4.74 Å². The highest BCUT2D eigenvalue weighted by Gasteiger charge is 2.46. The summed E-state index contributed by atoms with van der Waals surface area (Å²) in [5.41, 5.74) is -0.872. The van der Waals surface area contributed by atoms with Crippen LogP contribution < -0.4 is 5.32 Å². The van der Waals surface area contributed by atoms with E-state index in [0.29, 0.717) is 19.4 Å². The first-order chi connectivity index (χ1) is 7.50. The van der Waals surface area contributed by atoms with Crippen molar-refractivity contribution in [3.63, 3.8) is 0 Å². The van der Waals surface area contributed by atoms with Crippen molar-refractivity contribution in [1.82, 2.24) is 5.32 Å². The van der Waals surface area contributed by atoms with Gasteiger partial charge >= 0.3 is 5.97 Å². The van der Waals surface area contributed by atoms with Gasteiger partial charge in [-0.25, -0.2) is 4.79 Å². The van der Waals surface area contributed by atoms with Crippen molar-refractivity contribution in [2.24, 2.45) is 0 Å². The molecule has 1 rings (SSSR count). The Balaban J connectivity index is 2.57. The van der Waals surface area contributed by atoms with E-state index in [-0.39, 0.29) is 12.2 Å². The van der Waals surface area contributed by atoms with Crippen LogP contribution in [0, 0.1) is 0 Å². The molecule has 1 aliphatic rings. The monoisotopic (exact) mass is 227 g/mol. The third-order valence-electron chi connectivity index (χ3n) is 2.66. The summed E-state index contributed by atoms with van der Waals surface area (Å²) in [4.78, 5) is 33.8. The van der Waals surface area contributed by atoms with Gasteiger partial charge in [0, 0.05) is 0 Å². The zero-order valence-corrected chi connectivity index (χ0v) is 9.67. The van der Waals surface area contributed by atoms with Gasteiger partial charge < -0.3 is 10.1 Å². The molecule has 1 aliphatic carbocycles. The van der Waals surface area contributed by atoms with Gasteiger partial charge in [-0.05, 0) is 33.1 Å². The van der Waals surface area contributed by atoms with Gasteiger partial charge in [0.15, 0.2) is 0 Å². The number of amides is 1. The highest BCUT2D eigenvalue weighted by atomic mass is 16.5. The summed E-state index contributed by atoms with van der Waals surface area (Å²) in [6, 6.07) is 0. The van der Waals surface area contributed by atoms with Crippen LogP contribution in [-0.2, 0) is 19.1 Å². The smallest absolute Gasteiger partial charge is 0.331 e. The summed E-state index contributed by atoms with van der Waals surface area (Å²) in [5, 5.41) is 2.61. The Bertz CT molecular complexity index is 307. The first-order valence-corrected chi connectivity index (χ1v) is 5.48. The average Bonchev–Trinajstić information content (AvgIpc) is 2.10. The first-order valence-electron chi connectivity index (χ1n) is 5.48. The maximum Gasteiger partial charge on any atom is 0.331 e. The normalized spacial score (nSPS) is 17.1. The maximum atomic E-state index is 11.6. The molecule has 0 aromatic carbocycles. The quantitative estimate of drug-likeness (QED) is 0.550. The van der Waals surface area contributed by atoms with Crippen molar-refractivity contribution in [3.05, 3.63) is 0 Å². The molecule has 1 N–H and O–H groups in total. The second-order valence-corrected chi connectivity index (χ2v) is 4.08. The van der Waals surface area contributed by atoms with Crippen molar-refractivity contribution >= 4 is 17.7 Å². The van der Waals surface area contributed by atoms with Crippen molar-refractivity contribution in [2.75, 3.05) is 6.61 Å². The minimum Gasteiger partial charge on any atom is -0.464 e. The number of ketones is 1. The molecule has 90 valence electrons. The molecule has 16 heavy (non-hydrogen) atoms. The second-order valence-electron chi connectivity index (χ2n) is 4.08. The van der Waals surface area contributed by atoms with Gasteiger partial charge in [-0.2, -0.15) is 0 Å². The molecule has 0 atom stereocenters. The van der Waals surface area contributed by atoms with E-state index in [1.165, 1.54) is 6.92 Å². The van der Waals surface area contributed by atoms with Gasteiger partial charge in [0.1, 0.15) is 11.3 Å². The molecular weight excluding hydrogens is 210 g/mol. The summed E-state index contributed by atoms with van der Waals surface area (Å²) in [5.74, 6) is -1.01. The standard InChI is InChI=1S/C11H17NO4/c1-3-16-10(15)11(5-4-6-11)12-9(14)7-8(2)13/h3-7H2,1-2H3,(H,12,14). The molecule has 0 spiro atoms. The van der Waals surface area contributed by atoms with Crippen LogP contribution in [0.15, 0.2) is 0 Å². The van der Waals surface area contributed by atoms with Crippen LogP contribution in [0.2, 0.25) is 0 Å². The lowest BCUT2D eigenvalue weighted by molar-refractivity contribution is -0.157. The zero-order chi connectivity index (χ0) is 12.2. The third kappa shape index (κ3) is 2.81. The van der Waals surface area contributed by atoms with Crippen molar-refractivity contribution in [1.29, 1.82) is 0 Å². The Hall–Kier alpha value is -1.39. The molecule has 5 heteroatoms. The second kappa shape index (κ2) is 5.09. The average molecular weight is 227 g/mol. The summed E-state index contributed by atoms with van der Waals surface area (Å²) >= 11 is 0. The molecule has 1 fully saturated rings. The highest BCUT2D eigenvalue weighted by Crippen LogP contribution is 2.33. The molecule has 5 nitrogen and oxygen atoms in total. The van der Waals surface area contributed by atoms with E-state index in [9.17, 15) is 14.4 Å². The lowest BCUT2D eigenvalue weighted by Crippen LogP contribution is -2.59. The van der Waals surface area contributed by atoms with Crippen molar-refractivity contribution in [3.8, 4) is 0 Å². The number of rotatable bonds is 5. The number of nitrogens with one attached hydrogen (secondary N) is 1. The van der Waals surface area contributed by atoms with E-state index in [1.54, 1.807) is 6.92 Å². The Morgan fingerprint density at radius 1 is 1.31 bits per heavy atom. The maximum absolute atomic E-state index is 11.6. The van der Waals surface area contributed by atoms with Gasteiger partial charge in [-0.1, -0.05) is 0 Å². The van der Waals surface area contributed by atoms with Crippen molar-refractivity contribution in [2.45, 2.75) is 45.1 Å². The Morgan fingerprint density at radius 2 is 1.94 bits per heavy atom. The number of hydrogen-bond donors (Lipinski definition) is 1. The van der Waals surface area contributed by atoms with Gasteiger partial charge in [0.2, 0.25) is 5.91 Å². The lowest BCUT2D eigenvalue weighted by atomic mass is 9.76. The molecule has 1 saturated carbocycles. The van der Waals surface area contributed by atoms with Crippen LogP contribution in [0.5, 0.6) is 0 Å². The Kier molecular flexibility index (Phi) is 4.04. The van der Waals surface area contributed by atoms with Gasteiger partial charge in [-0.3, -0.25) is 9.59 Å². The number of esters is 1. The number of carbonyl (C=O) groups excluding carboxylic acids is 3. The Labute approximate surface area is 94.5 Å².